The number of aryl methyl sites for hydroxylation is 1. The van der Waals surface area contributed by atoms with E-state index in [4.69, 9.17) is 62.7 Å². The molecule has 1 atom stereocenters. The van der Waals surface area contributed by atoms with Crippen LogP contribution in [0, 0.1) is 50.7 Å². The molecule has 0 saturated heterocycles. The quantitative estimate of drug-likeness (QED) is 0.0253. The smallest absolute Gasteiger partial charge is 0.355 e. The first-order valence-corrected chi connectivity index (χ1v) is 30.2. The summed E-state index contributed by atoms with van der Waals surface area (Å²) < 4.78 is 30.8. The summed E-state index contributed by atoms with van der Waals surface area (Å²) in [6, 6.07) is 28.6. The Morgan fingerprint density at radius 3 is 1.60 bits per heavy atom. The number of aromatic amines is 4. The topological polar surface area (TPSA) is 311 Å². The molecule has 480 valence electrons. The third kappa shape index (κ3) is 18.3. The van der Waals surface area contributed by atoms with E-state index in [9.17, 15) is 38.3 Å². The highest BCUT2D eigenvalue weighted by atomic mass is 35.5. The van der Waals surface area contributed by atoms with Gasteiger partial charge in [0.15, 0.2) is 0 Å². The molecule has 0 aliphatic carbocycles. The molecule has 0 aliphatic heterocycles. The highest BCUT2D eigenvalue weighted by molar-refractivity contribution is 6.31. The zero-order chi connectivity index (χ0) is 67.6. The van der Waals surface area contributed by atoms with Gasteiger partial charge in [-0.3, -0.25) is 14.4 Å². The van der Waals surface area contributed by atoms with Gasteiger partial charge in [-0.2, -0.15) is 5.26 Å². The van der Waals surface area contributed by atoms with Gasteiger partial charge in [0.25, 0.3) is 17.7 Å². The molecule has 21 nitrogen and oxygen atoms in total. The van der Waals surface area contributed by atoms with Crippen LogP contribution in [0.3, 0.4) is 0 Å². The first-order valence-electron chi connectivity index (χ1n) is 28.3. The Labute approximate surface area is 561 Å². The number of aliphatic hydroxyl groups excluding tert-OH is 1. The summed E-state index contributed by atoms with van der Waals surface area (Å²) in [6.45, 7) is 9.72. The number of esters is 1. The van der Waals surface area contributed by atoms with Crippen LogP contribution in [0.1, 0.15) is 99.6 Å². The molecular weight excluding hydrogens is 1310 g/mol. The molecule has 8 aromatic heterocycles. The first kappa shape index (κ1) is 69.7. The van der Waals surface area contributed by atoms with Crippen molar-refractivity contribution in [2.24, 2.45) is 0 Å². The minimum atomic E-state index is -0.563. The Hall–Kier alpha value is -10.2. The number of nitriles is 1. The van der Waals surface area contributed by atoms with Gasteiger partial charge in [-0.15, -0.1) is 0 Å². The number of nitrogens with one attached hydrogen (secondary N) is 7. The summed E-state index contributed by atoms with van der Waals surface area (Å²) in [5, 5.41) is 29.0. The molecule has 8 heterocycles. The zero-order valence-electron chi connectivity index (χ0n) is 50.5. The molecule has 0 fully saturated rings. The predicted molar refractivity (Wildman–Crippen MR) is 353 cm³/mol. The number of hydrogen-bond acceptors (Lipinski definition) is 14. The molecule has 3 amide bonds. The van der Waals surface area contributed by atoms with Gasteiger partial charge in [-0.1, -0.05) is 94.4 Å². The van der Waals surface area contributed by atoms with E-state index in [2.05, 4.69) is 76.8 Å². The van der Waals surface area contributed by atoms with E-state index in [-0.39, 0.29) is 36.0 Å². The van der Waals surface area contributed by atoms with Crippen LogP contribution in [-0.2, 0) is 17.8 Å². The first-order chi connectivity index (χ1) is 45.1. The lowest BCUT2D eigenvalue weighted by atomic mass is 9.98. The van der Waals surface area contributed by atoms with Gasteiger partial charge < -0.3 is 45.7 Å². The number of amides is 3. The van der Waals surface area contributed by atoms with Gasteiger partial charge in [0.2, 0.25) is 0 Å². The van der Waals surface area contributed by atoms with Gasteiger partial charge in [0.05, 0.1) is 41.9 Å². The van der Waals surface area contributed by atoms with Crippen LogP contribution < -0.4 is 16.0 Å². The van der Waals surface area contributed by atoms with Crippen LogP contribution in [-0.4, -0.2) is 96.8 Å². The van der Waals surface area contributed by atoms with E-state index >= 15 is 0 Å². The van der Waals surface area contributed by atoms with Crippen molar-refractivity contribution in [1.29, 1.82) is 5.26 Å². The van der Waals surface area contributed by atoms with Crippen molar-refractivity contribution in [2.75, 3.05) is 13.2 Å². The lowest BCUT2D eigenvalue weighted by Gasteiger charge is -2.16. The molecule has 3 aromatic carbocycles. The standard InChI is InChI=1S/C17H14Cl2N4O2.2C17H14ClFN4O.C15H14ClN3O2/c18-12-3-1-2-10(4-12)15(8-24)23-17(25)14-5-11(7-20-14)13-6-16(19)22-9-21-13;2*1-10-13(14-6-15(18)23-9-22-14)8-20-16(10)17(24)21-7-11-2-4-12(19)5-3-11;1-4-21-15(20)14-8(2)13(9(3)19-14)11-5-12(16)18-7-10(11)6-17/h1-7,9,15,20,24H,8H2,(H,23,25);2*2-6,8-9,20H,7H2,1H3,(H,21,24);5,7,19H,4H2,1-3H3/t15-;;;/m1.../s1. The molecule has 0 aliphatic rings. The van der Waals surface area contributed by atoms with Crippen molar-refractivity contribution in [3.8, 4) is 51.0 Å². The Bertz CT molecular complexity index is 4390. The number of H-pyrrole nitrogens is 4. The molecule has 94 heavy (non-hydrogen) atoms. The monoisotopic (exact) mass is 1370 g/mol. The highest BCUT2D eigenvalue weighted by Gasteiger charge is 2.23. The van der Waals surface area contributed by atoms with E-state index in [0.717, 1.165) is 55.8 Å². The van der Waals surface area contributed by atoms with Crippen LogP contribution in [0.4, 0.5) is 8.78 Å². The number of ether oxygens (including phenoxy) is 1. The summed E-state index contributed by atoms with van der Waals surface area (Å²) in [4.78, 5) is 88.7. The van der Waals surface area contributed by atoms with Crippen LogP contribution in [0.25, 0.3) is 44.9 Å². The van der Waals surface area contributed by atoms with Crippen LogP contribution in [0.15, 0.2) is 147 Å². The maximum Gasteiger partial charge on any atom is 0.355 e. The number of pyridine rings is 1. The Kier molecular flexibility index (Phi) is 24.4. The third-order valence-electron chi connectivity index (χ3n) is 14.1. The van der Waals surface area contributed by atoms with Crippen molar-refractivity contribution >= 4 is 81.7 Å². The second-order valence-electron chi connectivity index (χ2n) is 20.3. The Morgan fingerprint density at radius 2 is 1.11 bits per heavy atom. The fraction of sp³-hybridized carbons (Fsp3) is 0.152. The molecule has 0 bridgehead atoms. The second-order valence-corrected chi connectivity index (χ2v) is 22.3. The lowest BCUT2D eigenvalue weighted by Crippen LogP contribution is -2.31. The molecule has 11 aromatic rings. The minimum Gasteiger partial charge on any atom is -0.461 e. The molecule has 0 saturated carbocycles. The number of hydrogen-bond donors (Lipinski definition) is 8. The van der Waals surface area contributed by atoms with Gasteiger partial charge in [0.1, 0.15) is 80.1 Å². The van der Waals surface area contributed by atoms with Gasteiger partial charge >= 0.3 is 5.97 Å². The zero-order valence-corrected chi connectivity index (χ0v) is 54.3. The average molecular weight is 1370 g/mol. The maximum absolute atomic E-state index is 12.9. The van der Waals surface area contributed by atoms with Crippen molar-refractivity contribution in [2.45, 2.75) is 53.8 Å². The van der Waals surface area contributed by atoms with E-state index in [0.29, 0.717) is 102 Å². The van der Waals surface area contributed by atoms with Crippen molar-refractivity contribution in [1.82, 2.24) is 70.8 Å². The third-order valence-corrected chi connectivity index (χ3v) is 15.1. The number of halogens is 7. The number of aromatic nitrogens is 11. The normalized spacial score (nSPS) is 10.9. The van der Waals surface area contributed by atoms with Crippen molar-refractivity contribution in [3.05, 3.63) is 252 Å². The van der Waals surface area contributed by atoms with E-state index in [1.54, 1.807) is 111 Å². The maximum atomic E-state index is 12.9. The van der Waals surface area contributed by atoms with E-state index in [1.807, 2.05) is 20.8 Å². The summed E-state index contributed by atoms with van der Waals surface area (Å²) in [6.07, 6.45) is 10.6. The second kappa shape index (κ2) is 32.9. The van der Waals surface area contributed by atoms with E-state index in [1.165, 1.54) is 49.4 Å². The number of rotatable bonds is 16. The molecule has 0 unspecified atom stereocenters. The van der Waals surface area contributed by atoms with Crippen LogP contribution in [0.5, 0.6) is 0 Å². The summed E-state index contributed by atoms with van der Waals surface area (Å²) in [5.74, 6) is -1.88. The number of aliphatic hydroxyl groups is 1. The number of carbonyl (C=O) groups is 4. The Balaban J connectivity index is 0.000000161. The molecule has 8 N–H and O–H groups in total. The predicted octanol–water partition coefficient (Wildman–Crippen LogP) is 13.6. The Morgan fingerprint density at radius 1 is 0.596 bits per heavy atom. The lowest BCUT2D eigenvalue weighted by molar-refractivity contribution is 0.0518. The van der Waals surface area contributed by atoms with Gasteiger partial charge in [-0.25, -0.2) is 48.5 Å². The van der Waals surface area contributed by atoms with E-state index < -0.39 is 12.0 Å². The van der Waals surface area contributed by atoms with Gasteiger partial charge in [0, 0.05) is 94.6 Å². The largest absolute Gasteiger partial charge is 0.461 e. The van der Waals surface area contributed by atoms with Crippen molar-refractivity contribution < 1.29 is 37.8 Å². The van der Waals surface area contributed by atoms with Crippen LogP contribution in [0.2, 0.25) is 25.6 Å². The van der Waals surface area contributed by atoms with Gasteiger partial charge in [-0.05, 0) is 117 Å². The van der Waals surface area contributed by atoms with Crippen molar-refractivity contribution in [3.63, 3.8) is 0 Å². The molecular formula is C66H56Cl5F2N15O6. The SMILES string of the molecule is CCOC(=O)c1[nH]c(C)c(-c2cc(Cl)ncc2C#N)c1C.Cc1c(-c2cc(Cl)ncn2)c[nH]c1C(=O)NCc1ccc(F)cc1.Cc1c(-c2cc(Cl)ncn2)c[nH]c1C(=O)NCc1ccc(F)cc1.O=C(N[C@H](CO)c1cccc(Cl)c1)c1cc(-c2cc(Cl)ncn2)c[nH]1. The van der Waals surface area contributed by atoms with Crippen LogP contribution >= 0.6 is 58.0 Å². The highest BCUT2D eigenvalue weighted by Crippen LogP contribution is 2.34. The minimum absolute atomic E-state index is 0.247. The molecule has 28 heteroatoms. The summed E-state index contributed by atoms with van der Waals surface area (Å²) in [5.41, 5.74) is 13.0. The molecule has 11 rings (SSSR count). The summed E-state index contributed by atoms with van der Waals surface area (Å²) >= 11 is 29.5. The number of nitrogens with zero attached hydrogens (tertiary/aromatic N) is 8. The molecule has 0 spiro atoms. The fourth-order valence-corrected chi connectivity index (χ4v) is 10.1. The average Bonchev–Trinajstić information content (AvgIpc) is 1.64. The number of carbonyl (C=O) groups excluding carboxylic acids is 4. The molecule has 0 radical (unpaired) electrons. The fourth-order valence-electron chi connectivity index (χ4n) is 9.35. The number of benzene rings is 3. The summed E-state index contributed by atoms with van der Waals surface area (Å²) in [7, 11) is 0.